The molecule has 1 aliphatic carbocycles. The van der Waals surface area contributed by atoms with Gasteiger partial charge in [0.2, 0.25) is 10.0 Å². The lowest BCUT2D eigenvalue weighted by Gasteiger charge is -2.12. The standard InChI is InChI=1S/C10H12N2O5S/c1-18(15,16)12-9-8(17-6-2-3-6)7(10(13)14)4-5-11-9/h4-6H,2-3H2,1H3,(H,11,12)(H,13,14). The molecule has 18 heavy (non-hydrogen) atoms. The van der Waals surface area contributed by atoms with Gasteiger partial charge in [-0.25, -0.2) is 18.2 Å². The minimum absolute atomic E-state index is 0.0297. The van der Waals surface area contributed by atoms with Gasteiger partial charge in [-0.2, -0.15) is 0 Å². The highest BCUT2D eigenvalue weighted by molar-refractivity contribution is 7.92. The molecule has 0 spiro atoms. The Bertz CT molecular complexity index is 580. The third-order valence-corrected chi connectivity index (χ3v) is 2.79. The summed E-state index contributed by atoms with van der Waals surface area (Å²) >= 11 is 0. The molecule has 1 aliphatic rings. The molecule has 0 aliphatic heterocycles. The van der Waals surface area contributed by atoms with E-state index in [1.807, 2.05) is 0 Å². The second-order valence-corrected chi connectivity index (χ2v) is 5.78. The maximum absolute atomic E-state index is 11.2. The summed E-state index contributed by atoms with van der Waals surface area (Å²) in [6, 6.07) is 1.27. The van der Waals surface area contributed by atoms with Crippen LogP contribution in [0.4, 0.5) is 5.82 Å². The largest absolute Gasteiger partial charge is 0.486 e. The molecule has 1 heterocycles. The van der Waals surface area contributed by atoms with E-state index in [9.17, 15) is 13.2 Å². The van der Waals surface area contributed by atoms with Crippen LogP contribution >= 0.6 is 0 Å². The Labute approximate surface area is 104 Å². The summed E-state index contributed by atoms with van der Waals surface area (Å²) < 4.78 is 29.9. The molecule has 0 bridgehead atoms. The zero-order valence-electron chi connectivity index (χ0n) is 9.58. The minimum atomic E-state index is -3.54. The first-order valence-corrected chi connectivity index (χ1v) is 7.12. The van der Waals surface area contributed by atoms with Crippen molar-refractivity contribution in [3.05, 3.63) is 17.8 Å². The zero-order valence-corrected chi connectivity index (χ0v) is 10.4. The summed E-state index contributed by atoms with van der Waals surface area (Å²) in [5, 5.41) is 9.04. The van der Waals surface area contributed by atoms with E-state index in [-0.39, 0.29) is 23.2 Å². The number of pyridine rings is 1. The van der Waals surface area contributed by atoms with Crippen LogP contribution in [0.15, 0.2) is 12.3 Å². The van der Waals surface area contributed by atoms with Crippen molar-refractivity contribution in [3.8, 4) is 5.75 Å². The average Bonchev–Trinajstić information content (AvgIpc) is 3.01. The van der Waals surface area contributed by atoms with Gasteiger partial charge in [-0.15, -0.1) is 0 Å². The Kier molecular flexibility index (Phi) is 3.12. The highest BCUT2D eigenvalue weighted by Gasteiger charge is 2.28. The van der Waals surface area contributed by atoms with Gasteiger partial charge in [0, 0.05) is 6.20 Å². The Balaban J connectivity index is 2.42. The molecule has 1 fully saturated rings. The Morgan fingerprint density at radius 2 is 2.22 bits per heavy atom. The van der Waals surface area contributed by atoms with Crippen LogP contribution in [0.2, 0.25) is 0 Å². The van der Waals surface area contributed by atoms with Gasteiger partial charge in [0.05, 0.1) is 12.4 Å². The number of hydrogen-bond donors (Lipinski definition) is 2. The van der Waals surface area contributed by atoms with Crippen molar-refractivity contribution in [3.63, 3.8) is 0 Å². The molecular formula is C10H12N2O5S. The number of sulfonamides is 1. The number of carboxylic acids is 1. The van der Waals surface area contributed by atoms with E-state index < -0.39 is 16.0 Å². The minimum Gasteiger partial charge on any atom is -0.486 e. The fourth-order valence-corrected chi connectivity index (χ4v) is 1.83. The number of ether oxygens (including phenoxy) is 1. The normalized spacial score (nSPS) is 15.2. The van der Waals surface area contributed by atoms with Crippen LogP contribution in [0, 0.1) is 0 Å². The molecule has 2 rings (SSSR count). The van der Waals surface area contributed by atoms with Gasteiger partial charge in [-0.3, -0.25) is 4.72 Å². The number of carboxylic acid groups (broad SMARTS) is 1. The van der Waals surface area contributed by atoms with Crippen molar-refractivity contribution in [2.75, 3.05) is 11.0 Å². The summed E-state index contributed by atoms with van der Waals surface area (Å²) in [7, 11) is -3.54. The van der Waals surface area contributed by atoms with E-state index >= 15 is 0 Å². The number of nitrogens with zero attached hydrogens (tertiary/aromatic N) is 1. The molecule has 7 nitrogen and oxygen atoms in total. The number of nitrogens with one attached hydrogen (secondary N) is 1. The molecule has 0 unspecified atom stereocenters. The average molecular weight is 272 g/mol. The zero-order chi connectivity index (χ0) is 13.3. The van der Waals surface area contributed by atoms with Gasteiger partial charge >= 0.3 is 5.97 Å². The highest BCUT2D eigenvalue weighted by atomic mass is 32.2. The Morgan fingerprint density at radius 3 is 2.72 bits per heavy atom. The summed E-state index contributed by atoms with van der Waals surface area (Å²) in [5.41, 5.74) is -0.108. The fraction of sp³-hybridized carbons (Fsp3) is 0.400. The third kappa shape index (κ3) is 3.10. The number of hydrogen-bond acceptors (Lipinski definition) is 5. The van der Waals surface area contributed by atoms with Crippen molar-refractivity contribution in [1.82, 2.24) is 4.98 Å². The van der Waals surface area contributed by atoms with E-state index in [4.69, 9.17) is 9.84 Å². The van der Waals surface area contributed by atoms with Gasteiger partial charge in [-0.05, 0) is 18.9 Å². The highest BCUT2D eigenvalue weighted by Crippen LogP contribution is 2.34. The quantitative estimate of drug-likeness (QED) is 0.817. The molecule has 0 saturated heterocycles. The molecule has 8 heteroatoms. The Hall–Kier alpha value is -1.83. The predicted octanol–water partition coefficient (Wildman–Crippen LogP) is 0.692. The molecule has 2 N–H and O–H groups in total. The van der Waals surface area contributed by atoms with Gasteiger partial charge in [0.15, 0.2) is 11.6 Å². The van der Waals surface area contributed by atoms with Crippen LogP contribution in [0.5, 0.6) is 5.75 Å². The van der Waals surface area contributed by atoms with Crippen LogP contribution in [0.25, 0.3) is 0 Å². The van der Waals surface area contributed by atoms with E-state index in [0.717, 1.165) is 19.1 Å². The van der Waals surface area contributed by atoms with Gasteiger partial charge < -0.3 is 9.84 Å². The number of rotatable bonds is 5. The van der Waals surface area contributed by atoms with Crippen molar-refractivity contribution in [2.45, 2.75) is 18.9 Å². The van der Waals surface area contributed by atoms with Gasteiger partial charge in [0.25, 0.3) is 0 Å². The van der Waals surface area contributed by atoms with Crippen molar-refractivity contribution < 1.29 is 23.1 Å². The summed E-state index contributed by atoms with van der Waals surface area (Å²) in [6.45, 7) is 0. The lowest BCUT2D eigenvalue weighted by Crippen LogP contribution is -2.15. The summed E-state index contributed by atoms with van der Waals surface area (Å²) in [4.78, 5) is 14.9. The third-order valence-electron chi connectivity index (χ3n) is 2.23. The maximum Gasteiger partial charge on any atom is 0.339 e. The Morgan fingerprint density at radius 1 is 1.56 bits per heavy atom. The van der Waals surface area contributed by atoms with Crippen molar-refractivity contribution in [2.24, 2.45) is 0 Å². The van der Waals surface area contributed by atoms with Gasteiger partial charge in [-0.1, -0.05) is 0 Å². The van der Waals surface area contributed by atoms with Crippen LogP contribution in [0.1, 0.15) is 23.2 Å². The van der Waals surface area contributed by atoms with Crippen molar-refractivity contribution >= 4 is 21.8 Å². The second kappa shape index (κ2) is 4.45. The lowest BCUT2D eigenvalue weighted by atomic mass is 10.2. The summed E-state index contributed by atoms with van der Waals surface area (Å²) in [6.07, 6.45) is 3.77. The topological polar surface area (TPSA) is 106 Å². The van der Waals surface area contributed by atoms with E-state index in [1.165, 1.54) is 12.3 Å². The first-order valence-electron chi connectivity index (χ1n) is 5.23. The van der Waals surface area contributed by atoms with Crippen LogP contribution in [0.3, 0.4) is 0 Å². The second-order valence-electron chi connectivity index (χ2n) is 4.03. The van der Waals surface area contributed by atoms with Crippen LogP contribution in [-0.2, 0) is 10.0 Å². The molecule has 1 aromatic rings. The number of aromatic carboxylic acids is 1. The smallest absolute Gasteiger partial charge is 0.339 e. The molecule has 1 aromatic heterocycles. The molecule has 98 valence electrons. The van der Waals surface area contributed by atoms with Crippen molar-refractivity contribution in [1.29, 1.82) is 0 Å². The molecule has 0 aromatic carbocycles. The van der Waals surface area contributed by atoms with Crippen LogP contribution < -0.4 is 9.46 Å². The van der Waals surface area contributed by atoms with Crippen LogP contribution in [-0.4, -0.2) is 36.8 Å². The molecular weight excluding hydrogens is 260 g/mol. The fourth-order valence-electron chi connectivity index (χ4n) is 1.34. The number of carbonyl (C=O) groups is 1. The van der Waals surface area contributed by atoms with Gasteiger partial charge in [0.1, 0.15) is 5.56 Å². The first kappa shape index (κ1) is 12.6. The summed E-state index contributed by atoms with van der Waals surface area (Å²) in [5.74, 6) is -1.31. The lowest BCUT2D eigenvalue weighted by molar-refractivity contribution is 0.0692. The number of aromatic nitrogens is 1. The predicted molar refractivity (Wildman–Crippen MR) is 63.3 cm³/mol. The molecule has 0 amide bonds. The maximum atomic E-state index is 11.2. The monoisotopic (exact) mass is 272 g/mol. The van der Waals surface area contributed by atoms with E-state index in [2.05, 4.69) is 9.71 Å². The van der Waals surface area contributed by atoms with E-state index in [1.54, 1.807) is 0 Å². The van der Waals surface area contributed by atoms with E-state index in [0.29, 0.717) is 0 Å². The molecule has 1 saturated carbocycles. The molecule has 0 atom stereocenters. The first-order chi connectivity index (χ1) is 8.37. The number of anilines is 1. The SMILES string of the molecule is CS(=O)(=O)Nc1nccc(C(=O)O)c1OC1CC1. The molecule has 0 radical (unpaired) electrons.